The van der Waals surface area contributed by atoms with Crippen molar-refractivity contribution in [2.75, 3.05) is 5.73 Å². The predicted octanol–water partition coefficient (Wildman–Crippen LogP) is 1.45. The average molecular weight is 256 g/mol. The fourth-order valence-corrected chi connectivity index (χ4v) is 2.13. The Bertz CT molecular complexity index is 626. The van der Waals surface area contributed by atoms with Gasteiger partial charge in [0.05, 0.1) is 5.69 Å². The minimum Gasteiger partial charge on any atom is -0.368 e. The number of nitrogens with two attached hydrogens (primary N) is 1. The number of aryl methyl sites for hydroxylation is 1. The standard InChI is InChI=1S/C13H16N6/c1-3-9-7-15-13(14)16-11(9)12-10(6-8-4-5-8)19(2)18-17-12/h3,7-8H,1,4-6H2,2H3,(H2,14,15,16). The van der Waals surface area contributed by atoms with Crippen LogP contribution in [0.2, 0.25) is 0 Å². The highest BCUT2D eigenvalue weighted by Gasteiger charge is 2.26. The highest BCUT2D eigenvalue weighted by atomic mass is 15.4. The van der Waals surface area contributed by atoms with E-state index in [4.69, 9.17) is 5.73 Å². The minimum atomic E-state index is 0.239. The molecule has 1 aliphatic carbocycles. The van der Waals surface area contributed by atoms with Crippen molar-refractivity contribution >= 4 is 12.0 Å². The Labute approximate surface area is 111 Å². The van der Waals surface area contributed by atoms with E-state index < -0.39 is 0 Å². The quantitative estimate of drug-likeness (QED) is 0.895. The van der Waals surface area contributed by atoms with Crippen molar-refractivity contribution in [2.24, 2.45) is 13.0 Å². The van der Waals surface area contributed by atoms with E-state index in [2.05, 4.69) is 26.9 Å². The van der Waals surface area contributed by atoms with Crippen LogP contribution in [0, 0.1) is 5.92 Å². The SMILES string of the molecule is C=Cc1cnc(N)nc1-c1nnn(C)c1CC1CC1. The molecule has 2 N–H and O–H groups in total. The third kappa shape index (κ3) is 2.21. The van der Waals surface area contributed by atoms with E-state index in [1.165, 1.54) is 12.8 Å². The van der Waals surface area contributed by atoms with Crippen molar-refractivity contribution in [3.05, 3.63) is 24.0 Å². The van der Waals surface area contributed by atoms with Crippen LogP contribution in [-0.4, -0.2) is 25.0 Å². The third-order valence-electron chi connectivity index (χ3n) is 3.40. The Morgan fingerprint density at radius 3 is 2.95 bits per heavy atom. The molecule has 6 nitrogen and oxygen atoms in total. The molecular formula is C13H16N6. The first kappa shape index (κ1) is 11.8. The first-order chi connectivity index (χ1) is 9.19. The lowest BCUT2D eigenvalue weighted by atomic mass is 10.1. The minimum absolute atomic E-state index is 0.239. The van der Waals surface area contributed by atoms with Crippen molar-refractivity contribution in [1.29, 1.82) is 0 Å². The van der Waals surface area contributed by atoms with Gasteiger partial charge in [0.1, 0.15) is 11.4 Å². The zero-order valence-corrected chi connectivity index (χ0v) is 10.9. The lowest BCUT2D eigenvalue weighted by Gasteiger charge is -2.06. The van der Waals surface area contributed by atoms with Crippen LogP contribution in [0.15, 0.2) is 12.8 Å². The van der Waals surface area contributed by atoms with Gasteiger partial charge in [-0.25, -0.2) is 9.97 Å². The second kappa shape index (κ2) is 4.46. The molecule has 0 spiro atoms. The monoisotopic (exact) mass is 256 g/mol. The predicted molar refractivity (Wildman–Crippen MR) is 73.0 cm³/mol. The fraction of sp³-hybridized carbons (Fsp3) is 0.385. The summed E-state index contributed by atoms with van der Waals surface area (Å²) in [4.78, 5) is 8.28. The van der Waals surface area contributed by atoms with Gasteiger partial charge in [-0.2, -0.15) is 0 Å². The Balaban J connectivity index is 2.10. The molecule has 0 atom stereocenters. The number of aromatic nitrogens is 5. The van der Waals surface area contributed by atoms with Gasteiger partial charge in [0, 0.05) is 18.8 Å². The van der Waals surface area contributed by atoms with Gasteiger partial charge in [0.15, 0.2) is 0 Å². The molecular weight excluding hydrogens is 240 g/mol. The van der Waals surface area contributed by atoms with Gasteiger partial charge in [-0.05, 0) is 25.2 Å². The van der Waals surface area contributed by atoms with Crippen LogP contribution in [0.5, 0.6) is 0 Å². The zero-order valence-electron chi connectivity index (χ0n) is 10.9. The summed E-state index contributed by atoms with van der Waals surface area (Å²) in [5, 5.41) is 8.35. The smallest absolute Gasteiger partial charge is 0.220 e. The lowest BCUT2D eigenvalue weighted by molar-refractivity contribution is 0.655. The molecule has 98 valence electrons. The van der Waals surface area contributed by atoms with Crippen molar-refractivity contribution in [3.8, 4) is 11.4 Å². The largest absolute Gasteiger partial charge is 0.368 e. The van der Waals surface area contributed by atoms with Gasteiger partial charge in [0.2, 0.25) is 5.95 Å². The van der Waals surface area contributed by atoms with Crippen LogP contribution >= 0.6 is 0 Å². The molecule has 19 heavy (non-hydrogen) atoms. The van der Waals surface area contributed by atoms with Gasteiger partial charge in [-0.1, -0.05) is 17.9 Å². The molecule has 1 saturated carbocycles. The molecule has 2 aromatic rings. The Hall–Kier alpha value is -2.24. The Morgan fingerprint density at radius 1 is 1.47 bits per heavy atom. The van der Waals surface area contributed by atoms with E-state index in [0.717, 1.165) is 29.3 Å². The van der Waals surface area contributed by atoms with Crippen molar-refractivity contribution in [3.63, 3.8) is 0 Å². The first-order valence-electron chi connectivity index (χ1n) is 6.33. The number of nitrogen functional groups attached to an aromatic ring is 1. The van der Waals surface area contributed by atoms with Crippen LogP contribution in [0.1, 0.15) is 24.1 Å². The molecule has 0 unspecified atom stereocenters. The molecule has 0 aromatic carbocycles. The molecule has 3 rings (SSSR count). The van der Waals surface area contributed by atoms with E-state index in [1.807, 2.05) is 11.7 Å². The number of rotatable bonds is 4. The molecule has 0 radical (unpaired) electrons. The molecule has 0 amide bonds. The van der Waals surface area contributed by atoms with Gasteiger partial charge < -0.3 is 5.73 Å². The molecule has 1 fully saturated rings. The summed E-state index contributed by atoms with van der Waals surface area (Å²) in [5.74, 6) is 0.992. The van der Waals surface area contributed by atoms with Crippen LogP contribution in [0.25, 0.3) is 17.5 Å². The molecule has 0 bridgehead atoms. The summed E-state index contributed by atoms with van der Waals surface area (Å²) in [6, 6.07) is 0. The van der Waals surface area contributed by atoms with Crippen molar-refractivity contribution in [2.45, 2.75) is 19.3 Å². The van der Waals surface area contributed by atoms with Gasteiger partial charge >= 0.3 is 0 Å². The Morgan fingerprint density at radius 2 is 2.26 bits per heavy atom. The van der Waals surface area contributed by atoms with E-state index in [-0.39, 0.29) is 5.95 Å². The molecule has 6 heteroatoms. The zero-order chi connectivity index (χ0) is 13.4. The number of hydrogen-bond donors (Lipinski definition) is 1. The molecule has 0 aliphatic heterocycles. The molecule has 1 aliphatic rings. The summed E-state index contributed by atoms with van der Waals surface area (Å²) >= 11 is 0. The van der Waals surface area contributed by atoms with Gasteiger partial charge in [-0.3, -0.25) is 4.68 Å². The molecule has 2 aromatic heterocycles. The van der Waals surface area contributed by atoms with E-state index in [0.29, 0.717) is 5.69 Å². The summed E-state index contributed by atoms with van der Waals surface area (Å²) < 4.78 is 1.82. The third-order valence-corrected chi connectivity index (χ3v) is 3.40. The maximum atomic E-state index is 5.68. The fourth-order valence-electron chi connectivity index (χ4n) is 2.13. The summed E-state index contributed by atoms with van der Waals surface area (Å²) in [6.07, 6.45) is 6.93. The molecule has 2 heterocycles. The highest BCUT2D eigenvalue weighted by molar-refractivity contribution is 5.70. The number of hydrogen-bond acceptors (Lipinski definition) is 5. The first-order valence-corrected chi connectivity index (χ1v) is 6.33. The summed E-state index contributed by atoms with van der Waals surface area (Å²) in [6.45, 7) is 3.78. The second-order valence-corrected chi connectivity index (χ2v) is 4.89. The maximum Gasteiger partial charge on any atom is 0.220 e. The van der Waals surface area contributed by atoms with Crippen molar-refractivity contribution in [1.82, 2.24) is 25.0 Å². The van der Waals surface area contributed by atoms with Gasteiger partial charge in [0.25, 0.3) is 0 Å². The van der Waals surface area contributed by atoms with Crippen LogP contribution in [-0.2, 0) is 13.5 Å². The summed E-state index contributed by atoms with van der Waals surface area (Å²) in [7, 11) is 1.91. The number of nitrogens with zero attached hydrogens (tertiary/aromatic N) is 5. The lowest BCUT2D eigenvalue weighted by Crippen LogP contribution is -2.03. The van der Waals surface area contributed by atoms with Crippen LogP contribution in [0.3, 0.4) is 0 Å². The topological polar surface area (TPSA) is 82.5 Å². The Kier molecular flexibility index (Phi) is 2.77. The van der Waals surface area contributed by atoms with Crippen LogP contribution in [0.4, 0.5) is 5.95 Å². The average Bonchev–Trinajstić information content (AvgIpc) is 3.14. The highest BCUT2D eigenvalue weighted by Crippen LogP contribution is 2.35. The second-order valence-electron chi connectivity index (χ2n) is 4.89. The molecule has 0 saturated heterocycles. The van der Waals surface area contributed by atoms with E-state index in [1.54, 1.807) is 12.3 Å². The maximum absolute atomic E-state index is 5.68. The summed E-state index contributed by atoms with van der Waals surface area (Å²) in [5.41, 5.74) is 9.11. The number of anilines is 1. The van der Waals surface area contributed by atoms with E-state index >= 15 is 0 Å². The van der Waals surface area contributed by atoms with E-state index in [9.17, 15) is 0 Å². The van der Waals surface area contributed by atoms with Crippen molar-refractivity contribution < 1.29 is 0 Å². The normalized spacial score (nSPS) is 14.6. The van der Waals surface area contributed by atoms with Gasteiger partial charge in [-0.15, -0.1) is 5.10 Å². The van der Waals surface area contributed by atoms with Crippen LogP contribution < -0.4 is 5.73 Å².